The van der Waals surface area contributed by atoms with Crippen LogP contribution in [0, 0.1) is 81.4 Å². The van der Waals surface area contributed by atoms with Crippen molar-refractivity contribution in [2.45, 2.75) is 142 Å². The predicted octanol–water partition coefficient (Wildman–Crippen LogP) is 23.6. The van der Waals surface area contributed by atoms with E-state index in [2.05, 4.69) is 341 Å². The van der Waals surface area contributed by atoms with Crippen molar-refractivity contribution in [2.75, 3.05) is 0 Å². The van der Waals surface area contributed by atoms with Crippen LogP contribution in [0.15, 0.2) is 286 Å². The van der Waals surface area contributed by atoms with Gasteiger partial charge in [-0.2, -0.15) is 0 Å². The van der Waals surface area contributed by atoms with Gasteiger partial charge < -0.3 is 0 Å². The Kier molecular flexibility index (Phi) is 24.0. The summed E-state index contributed by atoms with van der Waals surface area (Å²) >= 11 is 0. The minimum atomic E-state index is -2.12. The maximum Gasteiger partial charge on any atom is 0.212 e. The molecule has 576 valence electrons. The van der Waals surface area contributed by atoms with Crippen LogP contribution in [0.4, 0.5) is 0 Å². The van der Waals surface area contributed by atoms with E-state index < -0.39 is 41.6 Å². The zero-order valence-corrected chi connectivity index (χ0v) is 73.4. The quantitative estimate of drug-likeness (QED) is 0.0858. The second-order valence-electron chi connectivity index (χ2n) is 33.7. The fourth-order valence-corrected chi connectivity index (χ4v) is 17.4. The van der Waals surface area contributed by atoms with Crippen LogP contribution in [0.25, 0.3) is 101 Å². The van der Waals surface area contributed by atoms with Gasteiger partial charge in [-0.25, -0.2) is 22.8 Å². The molecule has 0 radical (unpaired) electrons. The van der Waals surface area contributed by atoms with Crippen molar-refractivity contribution >= 4 is 26.5 Å². The molecule has 0 unspecified atom stereocenters. The van der Waals surface area contributed by atoms with Crippen molar-refractivity contribution in [2.24, 2.45) is 40.7 Å². The van der Waals surface area contributed by atoms with Gasteiger partial charge in [-0.3, -0.25) is 0 Å². The molecule has 0 saturated heterocycles. The minimum absolute atomic E-state index is 0.332. The summed E-state index contributed by atoms with van der Waals surface area (Å²) in [5.74, 6) is 0. The van der Waals surface area contributed by atoms with Crippen molar-refractivity contribution < 1.29 is 33.8 Å². The summed E-state index contributed by atoms with van der Waals surface area (Å²) in [6, 6.07) is 89.1. The molecule has 14 rings (SSSR count). The van der Waals surface area contributed by atoms with Crippen LogP contribution in [0.3, 0.4) is 0 Å². The lowest BCUT2D eigenvalue weighted by molar-refractivity contribution is -0.661. The largest absolute Gasteiger partial charge is 0.212 e. The van der Waals surface area contributed by atoms with Crippen LogP contribution in [-0.2, 0) is 41.6 Å². The van der Waals surface area contributed by atoms with Crippen molar-refractivity contribution in [1.82, 2.24) is 0 Å². The van der Waals surface area contributed by atoms with Gasteiger partial charge in [-0.15, -0.1) is 0 Å². The number of benzene rings is 9. The molecule has 14 aromatic rings. The molecule has 9 aromatic carbocycles. The molecule has 0 bridgehead atoms. The Labute approximate surface area is 692 Å². The molecule has 0 aliphatic rings. The van der Waals surface area contributed by atoms with E-state index in [1.807, 2.05) is 107 Å². The molecule has 5 aromatic heterocycles. The smallest absolute Gasteiger partial charge is 0.201 e. The first-order valence-corrected chi connectivity index (χ1v) is 46.5. The summed E-state index contributed by atoms with van der Waals surface area (Å²) in [5, 5.41) is 3.03. The molecule has 0 aliphatic carbocycles. The zero-order valence-electron chi connectivity index (χ0n) is 79.4. The number of hydrogen-bond donors (Lipinski definition) is 0. The van der Waals surface area contributed by atoms with E-state index in [0.29, 0.717) is 16.7 Å². The Hall–Kier alpha value is -10.8. The third-order valence-corrected chi connectivity index (χ3v) is 25.2. The third-order valence-electron chi connectivity index (χ3n) is 21.0. The summed E-state index contributed by atoms with van der Waals surface area (Å²) in [7, 11) is 7.62. The predicted molar refractivity (Wildman–Crippen MR) is 488 cm³/mol. The van der Waals surface area contributed by atoms with Gasteiger partial charge in [0.05, 0.1) is 16.1 Å². The normalized spacial score (nSPS) is 12.7. The van der Waals surface area contributed by atoms with Crippen LogP contribution in [0.2, 0.25) is 39.3 Å². The third kappa shape index (κ3) is 21.9. The van der Waals surface area contributed by atoms with Gasteiger partial charge in [-0.05, 0) is 213 Å². The number of aryl methyl sites for hydroxylation is 16. The molecule has 5 nitrogen and oxygen atoms in total. The molecule has 0 saturated carbocycles. The first kappa shape index (κ1) is 73.6. The summed E-state index contributed by atoms with van der Waals surface area (Å²) in [4.78, 5) is 0. The van der Waals surface area contributed by atoms with E-state index in [0.717, 1.165) is 50.3 Å². The average molecular weight is 1530 g/mol. The molecule has 0 spiro atoms. The van der Waals surface area contributed by atoms with Gasteiger partial charge in [0.25, 0.3) is 0 Å². The Morgan fingerprint density at radius 2 is 0.673 bits per heavy atom. The van der Waals surface area contributed by atoms with Crippen molar-refractivity contribution in [3.8, 4) is 101 Å². The number of aromatic nitrogens is 5. The number of rotatable bonds is 12. The maximum atomic E-state index is 8.56. The van der Waals surface area contributed by atoms with E-state index in [1.165, 1.54) is 111 Å². The maximum absolute atomic E-state index is 8.56. The van der Waals surface area contributed by atoms with Crippen molar-refractivity contribution in [3.63, 3.8) is 0 Å². The average Bonchev–Trinajstić information content (AvgIpc) is 0.783. The number of nitrogens with zero attached hydrogens (tertiary/aromatic N) is 5. The molecule has 5 heterocycles. The van der Waals surface area contributed by atoms with E-state index in [4.69, 9.17) is 11.0 Å². The molecule has 0 amide bonds. The first-order valence-electron chi connectivity index (χ1n) is 43.5. The summed E-state index contributed by atoms with van der Waals surface area (Å²) in [5.41, 5.74) is 32.9. The summed E-state index contributed by atoms with van der Waals surface area (Å²) in [6.07, 6.45) is 8.91. The molecule has 0 N–H and O–H groups in total. The van der Waals surface area contributed by atoms with Gasteiger partial charge >= 0.3 is 0 Å². The Bertz CT molecular complexity index is 5850. The summed E-state index contributed by atoms with van der Waals surface area (Å²) < 4.78 is 73.5. The van der Waals surface area contributed by atoms with Crippen LogP contribution < -0.4 is 33.2 Å². The standard InChI is InChI=1S/C23H28NSi.C22H26NSi.C21H22N.C20H20N.C20H28N/c1-17-12-13-20(19-10-8-7-9-11-19)15-21(17)22-14-18(2)23(16-24(22)3)25(4,5)6;1-17-11-12-19(18-9-7-6-8-10-18)15-21(17)22-14-13-20(16-23(22)2)24(3,4)5;1-15-10-11-19(18-8-6-5-7-9-18)13-20(15)21-12-16(2)17(3)14-22(21)4;1-15-11-12-21(3)20(13-15)19-14-18(10-9-16(19)2)17-7-5-4-6-8-17;1-14-8-9-18(16(3)10-14)19-11-15(2)17(13-21(19)7)12-20(4,5)6/h7-16H,1-6H3;6-16H,1-5H3;5-14H,1-4H3;4-14H,1-3H3;8-11,13H,12H2,1-7H3/q5*+1/i;;3D3;;1D3,12D2. The zero-order chi connectivity index (χ0) is 88.6. The van der Waals surface area contributed by atoms with Crippen LogP contribution >= 0.6 is 0 Å². The highest BCUT2D eigenvalue weighted by Crippen LogP contribution is 2.34. The van der Waals surface area contributed by atoms with E-state index >= 15 is 0 Å². The summed E-state index contributed by atoms with van der Waals surface area (Å²) in [6.45, 7) is 34.6. The fourth-order valence-electron chi connectivity index (χ4n) is 14.4. The van der Waals surface area contributed by atoms with Crippen LogP contribution in [0.1, 0.15) is 98.5 Å². The topological polar surface area (TPSA) is 19.4 Å². The molecular weight excluding hydrogens is 1400 g/mol. The monoisotopic (exact) mass is 1530 g/mol. The highest BCUT2D eigenvalue weighted by atomic mass is 28.3. The second kappa shape index (κ2) is 36.8. The van der Waals surface area contributed by atoms with E-state index in [9.17, 15) is 0 Å². The minimum Gasteiger partial charge on any atom is -0.201 e. The molecule has 0 atom stereocenters. The fraction of sp³-hybridized carbons (Fsp3) is 0.255. The van der Waals surface area contributed by atoms with Crippen molar-refractivity contribution in [3.05, 3.63) is 353 Å². The van der Waals surface area contributed by atoms with Gasteiger partial charge in [0.1, 0.15) is 35.2 Å². The Balaban J connectivity index is 0.000000159. The molecule has 0 aliphatic heterocycles. The number of hydrogen-bond acceptors (Lipinski definition) is 0. The SMILES string of the molecule is Cc1cc[n+](C)c(-c2cc(-c3ccccc3)ccc2C)c1.Cc1ccc(-c2ccccc2)cc1-c1cc(C)c([Si](C)(C)C)c[n+]1C.Cc1ccc(-c2ccccc2)cc1-c1ccc([Si](C)(C)C)c[n+]1C.[2H]C([2H])([2H])c1c[n+](C)c(-c2cc(-c3ccccc3)ccc2C)cc1C.[2H]C([2H])([2H])c1ccc(-c2cc(C)c(C([2H])([2H])C(C)(C)C)c[n+]2C)c(C)c1. The Morgan fingerprint density at radius 1 is 0.283 bits per heavy atom. The Morgan fingerprint density at radius 3 is 1.07 bits per heavy atom. The van der Waals surface area contributed by atoms with E-state index in [1.54, 1.807) is 18.3 Å². The second-order valence-corrected chi connectivity index (χ2v) is 43.8. The highest BCUT2D eigenvalue weighted by Gasteiger charge is 2.27. The molecular formula is C106H124N5Si2+5. The van der Waals surface area contributed by atoms with Gasteiger partial charge in [0, 0.05) is 96.7 Å². The van der Waals surface area contributed by atoms with Gasteiger partial charge in [-0.1, -0.05) is 254 Å². The van der Waals surface area contributed by atoms with Crippen LogP contribution in [0.5, 0.6) is 0 Å². The lowest BCUT2D eigenvalue weighted by Crippen LogP contribution is -2.46. The molecule has 7 heteroatoms. The lowest BCUT2D eigenvalue weighted by Gasteiger charge is -2.19. The van der Waals surface area contributed by atoms with Crippen LogP contribution in [-0.4, -0.2) is 16.1 Å². The van der Waals surface area contributed by atoms with E-state index in [-0.39, 0.29) is 0 Å². The first-order chi connectivity index (χ1) is 56.7. The van der Waals surface area contributed by atoms with Gasteiger partial charge in [0.15, 0.2) is 31.0 Å². The highest BCUT2D eigenvalue weighted by molar-refractivity contribution is 6.89. The molecule has 113 heavy (non-hydrogen) atoms. The van der Waals surface area contributed by atoms with Gasteiger partial charge in [0.2, 0.25) is 28.5 Å². The molecule has 0 fully saturated rings. The number of pyridine rings is 5. The lowest BCUT2D eigenvalue weighted by atomic mass is 9.87. The van der Waals surface area contributed by atoms with Crippen molar-refractivity contribution in [1.29, 1.82) is 0 Å².